The van der Waals surface area contributed by atoms with Gasteiger partial charge in [0.2, 0.25) is 5.91 Å². The van der Waals surface area contributed by atoms with Gasteiger partial charge in [-0.2, -0.15) is 0 Å². The van der Waals surface area contributed by atoms with E-state index in [9.17, 15) is 9.59 Å². The monoisotopic (exact) mass is 228 g/mol. The first-order valence-corrected chi connectivity index (χ1v) is 5.77. The van der Waals surface area contributed by atoms with Crippen molar-refractivity contribution in [2.75, 3.05) is 13.1 Å². The maximum atomic E-state index is 11.7. The van der Waals surface area contributed by atoms with Gasteiger partial charge >= 0.3 is 5.97 Å². The van der Waals surface area contributed by atoms with E-state index in [4.69, 9.17) is 10.8 Å². The van der Waals surface area contributed by atoms with Crippen molar-refractivity contribution in [3.05, 3.63) is 0 Å². The molecular formula is C11H20N2O3. The van der Waals surface area contributed by atoms with Crippen LogP contribution in [0, 0.1) is 11.3 Å². The van der Waals surface area contributed by atoms with Crippen molar-refractivity contribution in [1.82, 2.24) is 5.32 Å². The Balaban J connectivity index is 2.37. The van der Waals surface area contributed by atoms with Crippen LogP contribution in [0.3, 0.4) is 0 Å². The number of carboxylic acid groups (broad SMARTS) is 1. The van der Waals surface area contributed by atoms with E-state index in [1.807, 2.05) is 6.92 Å². The summed E-state index contributed by atoms with van der Waals surface area (Å²) in [5, 5.41) is 11.6. The van der Waals surface area contributed by atoms with E-state index in [2.05, 4.69) is 5.32 Å². The normalized spacial score (nSPS) is 18.9. The van der Waals surface area contributed by atoms with Crippen molar-refractivity contribution in [2.24, 2.45) is 17.1 Å². The van der Waals surface area contributed by atoms with Crippen molar-refractivity contribution in [2.45, 2.75) is 32.6 Å². The lowest BCUT2D eigenvalue weighted by Gasteiger charge is -2.16. The van der Waals surface area contributed by atoms with E-state index in [0.29, 0.717) is 19.4 Å². The Labute approximate surface area is 95.4 Å². The van der Waals surface area contributed by atoms with Crippen molar-refractivity contribution in [3.8, 4) is 0 Å². The largest absolute Gasteiger partial charge is 0.481 e. The molecule has 1 amide bonds. The molecule has 92 valence electrons. The number of carbonyl (C=O) groups is 2. The van der Waals surface area contributed by atoms with E-state index in [1.54, 1.807) is 0 Å². The Hall–Kier alpha value is -1.10. The molecule has 0 aromatic carbocycles. The highest BCUT2D eigenvalue weighted by molar-refractivity contribution is 5.82. The molecule has 1 fully saturated rings. The summed E-state index contributed by atoms with van der Waals surface area (Å²) in [4.78, 5) is 22.6. The third-order valence-corrected chi connectivity index (χ3v) is 3.20. The second-order valence-corrected chi connectivity index (χ2v) is 4.52. The molecule has 16 heavy (non-hydrogen) atoms. The van der Waals surface area contributed by atoms with Gasteiger partial charge < -0.3 is 16.2 Å². The Morgan fingerprint density at radius 1 is 1.50 bits per heavy atom. The summed E-state index contributed by atoms with van der Waals surface area (Å²) in [6.45, 7) is 2.55. The first kappa shape index (κ1) is 13.0. The van der Waals surface area contributed by atoms with Crippen LogP contribution in [-0.2, 0) is 9.59 Å². The van der Waals surface area contributed by atoms with Crippen molar-refractivity contribution in [1.29, 1.82) is 0 Å². The standard InChI is InChI=1S/C11H20N2O3/c1-2-3-8(6-12)9(14)13-7-11(4-5-11)10(15)16/h8H,2-7,12H2,1H3,(H,13,14)(H,15,16). The fraction of sp³-hybridized carbons (Fsp3) is 0.818. The maximum absolute atomic E-state index is 11.7. The number of aliphatic carboxylic acids is 1. The zero-order valence-corrected chi connectivity index (χ0v) is 9.66. The number of hydrogen-bond donors (Lipinski definition) is 3. The molecule has 1 unspecified atom stereocenters. The van der Waals surface area contributed by atoms with Crippen LogP contribution in [0.1, 0.15) is 32.6 Å². The lowest BCUT2D eigenvalue weighted by atomic mass is 10.0. The average Bonchev–Trinajstić information content (AvgIpc) is 3.03. The van der Waals surface area contributed by atoms with Gasteiger partial charge in [0.1, 0.15) is 0 Å². The summed E-state index contributed by atoms with van der Waals surface area (Å²) in [5.41, 5.74) is 4.80. The number of hydrogen-bond acceptors (Lipinski definition) is 3. The van der Waals surface area contributed by atoms with Gasteiger partial charge in [-0.1, -0.05) is 13.3 Å². The molecule has 0 aliphatic heterocycles. The predicted octanol–water partition coefficient (Wildman–Crippen LogP) is 0.342. The third-order valence-electron chi connectivity index (χ3n) is 3.20. The van der Waals surface area contributed by atoms with Gasteiger partial charge in [0.05, 0.1) is 11.3 Å². The molecule has 5 nitrogen and oxygen atoms in total. The summed E-state index contributed by atoms with van der Waals surface area (Å²) >= 11 is 0. The fourth-order valence-electron chi connectivity index (χ4n) is 1.72. The summed E-state index contributed by atoms with van der Waals surface area (Å²) in [5.74, 6) is -1.11. The minimum absolute atomic E-state index is 0.114. The molecule has 0 aromatic heterocycles. The first-order valence-electron chi connectivity index (χ1n) is 5.77. The molecule has 0 radical (unpaired) electrons. The van der Waals surface area contributed by atoms with E-state index >= 15 is 0 Å². The van der Waals surface area contributed by atoms with Crippen LogP contribution in [0.4, 0.5) is 0 Å². The van der Waals surface area contributed by atoms with Crippen LogP contribution in [0.5, 0.6) is 0 Å². The van der Waals surface area contributed by atoms with Crippen LogP contribution in [-0.4, -0.2) is 30.1 Å². The van der Waals surface area contributed by atoms with Gasteiger partial charge in [-0.3, -0.25) is 9.59 Å². The molecule has 1 aliphatic carbocycles. The van der Waals surface area contributed by atoms with Gasteiger partial charge in [0, 0.05) is 13.1 Å². The molecular weight excluding hydrogens is 208 g/mol. The number of amides is 1. The number of carbonyl (C=O) groups excluding carboxylic acids is 1. The third kappa shape index (κ3) is 2.95. The van der Waals surface area contributed by atoms with Crippen molar-refractivity contribution in [3.63, 3.8) is 0 Å². The van der Waals surface area contributed by atoms with Gasteiger partial charge in [0.25, 0.3) is 0 Å². The Kier molecular flexibility index (Phi) is 4.29. The zero-order chi connectivity index (χ0) is 12.2. The molecule has 1 atom stereocenters. The second kappa shape index (κ2) is 5.30. The van der Waals surface area contributed by atoms with Gasteiger partial charge in [0.15, 0.2) is 0 Å². The highest BCUT2D eigenvalue weighted by Gasteiger charge is 2.50. The molecule has 1 saturated carbocycles. The quantitative estimate of drug-likeness (QED) is 0.586. The molecule has 0 aromatic rings. The molecule has 0 bridgehead atoms. The number of rotatable bonds is 7. The molecule has 5 heteroatoms. The van der Waals surface area contributed by atoms with E-state index in [0.717, 1.165) is 12.8 Å². The minimum atomic E-state index is -0.812. The Morgan fingerprint density at radius 3 is 2.50 bits per heavy atom. The summed E-state index contributed by atoms with van der Waals surface area (Å²) < 4.78 is 0. The van der Waals surface area contributed by atoms with E-state index in [1.165, 1.54) is 0 Å². The fourth-order valence-corrected chi connectivity index (χ4v) is 1.72. The van der Waals surface area contributed by atoms with Crippen molar-refractivity contribution < 1.29 is 14.7 Å². The first-order chi connectivity index (χ1) is 7.55. The Bertz CT molecular complexity index is 274. The topological polar surface area (TPSA) is 92.4 Å². The molecule has 0 spiro atoms. The van der Waals surface area contributed by atoms with E-state index in [-0.39, 0.29) is 18.4 Å². The molecule has 0 heterocycles. The summed E-state index contributed by atoms with van der Waals surface area (Å²) in [7, 11) is 0. The maximum Gasteiger partial charge on any atom is 0.311 e. The van der Waals surface area contributed by atoms with Crippen LogP contribution in [0.2, 0.25) is 0 Å². The lowest BCUT2D eigenvalue weighted by molar-refractivity contribution is -0.143. The minimum Gasteiger partial charge on any atom is -0.481 e. The second-order valence-electron chi connectivity index (χ2n) is 4.52. The number of nitrogens with two attached hydrogens (primary N) is 1. The highest BCUT2D eigenvalue weighted by Crippen LogP contribution is 2.45. The van der Waals surface area contributed by atoms with Crippen LogP contribution >= 0.6 is 0 Å². The van der Waals surface area contributed by atoms with Crippen LogP contribution in [0.25, 0.3) is 0 Å². The Morgan fingerprint density at radius 2 is 2.12 bits per heavy atom. The highest BCUT2D eigenvalue weighted by atomic mass is 16.4. The van der Waals surface area contributed by atoms with Crippen molar-refractivity contribution >= 4 is 11.9 Å². The summed E-state index contributed by atoms with van der Waals surface area (Å²) in [6, 6.07) is 0. The zero-order valence-electron chi connectivity index (χ0n) is 9.66. The van der Waals surface area contributed by atoms with Gasteiger partial charge in [-0.05, 0) is 19.3 Å². The van der Waals surface area contributed by atoms with Gasteiger partial charge in [-0.15, -0.1) is 0 Å². The smallest absolute Gasteiger partial charge is 0.311 e. The molecule has 0 saturated heterocycles. The number of carboxylic acids is 1. The summed E-state index contributed by atoms with van der Waals surface area (Å²) in [6.07, 6.45) is 2.97. The van der Waals surface area contributed by atoms with Crippen LogP contribution < -0.4 is 11.1 Å². The molecule has 1 aliphatic rings. The average molecular weight is 228 g/mol. The number of nitrogens with one attached hydrogen (secondary N) is 1. The van der Waals surface area contributed by atoms with E-state index < -0.39 is 11.4 Å². The molecule has 1 rings (SSSR count). The van der Waals surface area contributed by atoms with Gasteiger partial charge in [-0.25, -0.2) is 0 Å². The molecule has 4 N–H and O–H groups in total. The van der Waals surface area contributed by atoms with Crippen LogP contribution in [0.15, 0.2) is 0 Å². The predicted molar refractivity (Wildman–Crippen MR) is 59.8 cm³/mol. The lowest BCUT2D eigenvalue weighted by Crippen LogP contribution is -2.40. The SMILES string of the molecule is CCCC(CN)C(=O)NCC1(C(=O)O)CC1.